The van der Waals surface area contributed by atoms with Crippen LogP contribution in [-0.4, -0.2) is 142 Å². The second-order valence-electron chi connectivity index (χ2n) is 16.2. The predicted octanol–water partition coefficient (Wildman–Crippen LogP) is 3.79. The van der Waals surface area contributed by atoms with Crippen LogP contribution in [0.1, 0.15) is 33.9 Å². The Labute approximate surface area is 414 Å². The van der Waals surface area contributed by atoms with Crippen molar-refractivity contribution in [2.75, 3.05) is 38.7 Å². The standard InChI is InChI=1S/C41H41F2N9O16P2S2/c1-20-3-7-22(8-4-20)39(55)64-23-9-5-21(6-10-23)14-61-41(57)50(2)11-12-60-40(56)49-33-29-35(46-17-44-33)52(19-48-29)37-28(43)31-26(66-37)16-63-70(59,72)68-32-30(53)25(15-62-69(58,71)67-31)65-38(32)51-13-24(42)27-34(51)45-18-47-36(27)54/h3-10,13,17-19,25-26,28,30-32,37-38,53H,11-12,14-16H2,1-2H3,(H,58,71)(H,59,72)(H,45,47,54)(H,44,46,49,56)/t25-,26-,28-,30-,31-,32?,37?,38-,69?,70?/m1/s1. The summed E-state index contributed by atoms with van der Waals surface area (Å²) < 4.78 is 84.1. The number of aryl methyl sites for hydroxylation is 1. The lowest BCUT2D eigenvalue weighted by Crippen LogP contribution is -2.35. The Morgan fingerprint density at radius 3 is 2.35 bits per heavy atom. The van der Waals surface area contributed by atoms with Gasteiger partial charge in [0.25, 0.3) is 5.56 Å². The zero-order valence-electron chi connectivity index (χ0n) is 37.3. The van der Waals surface area contributed by atoms with Crippen LogP contribution in [-0.2, 0) is 67.3 Å². The average molecular weight is 1080 g/mol. The maximum absolute atomic E-state index is 16.6. The molecule has 0 radical (unpaired) electrons. The number of fused-ring (bicyclic) bond motifs is 5. The molecule has 9 rings (SSSR count). The van der Waals surface area contributed by atoms with Crippen molar-refractivity contribution in [1.82, 2.24) is 39.0 Å². The molecule has 3 fully saturated rings. The van der Waals surface area contributed by atoms with Crippen molar-refractivity contribution in [1.29, 1.82) is 0 Å². The summed E-state index contributed by atoms with van der Waals surface area (Å²) in [6.45, 7) is -8.90. The van der Waals surface area contributed by atoms with E-state index in [2.05, 4.69) is 30.2 Å². The number of alkyl halides is 1. The number of H-pyrrole nitrogens is 1. The largest absolute Gasteiger partial charge is 0.447 e. The fourth-order valence-corrected chi connectivity index (χ4v) is 10.6. The molecule has 25 nitrogen and oxygen atoms in total. The number of nitrogens with zero attached hydrogens (tertiary/aromatic N) is 7. The van der Waals surface area contributed by atoms with Gasteiger partial charge in [0.1, 0.15) is 61.2 Å². The van der Waals surface area contributed by atoms with Crippen molar-refractivity contribution in [2.45, 2.75) is 62.7 Å². The van der Waals surface area contributed by atoms with Crippen LogP contribution in [0.5, 0.6) is 5.75 Å². The Balaban J connectivity index is 0.803. The van der Waals surface area contributed by atoms with E-state index in [1.165, 1.54) is 11.9 Å². The Hall–Kier alpha value is -5.78. The van der Waals surface area contributed by atoms with Crippen molar-refractivity contribution >= 4 is 83.2 Å². The molecule has 6 aromatic rings. The third kappa shape index (κ3) is 11.1. The molecule has 3 aliphatic rings. The first-order chi connectivity index (χ1) is 34.3. The number of imidazole rings is 1. The number of nitrogens with one attached hydrogen (secondary N) is 2. The molecule has 7 heterocycles. The monoisotopic (exact) mass is 1080 g/mol. The molecule has 5 N–H and O–H groups in total. The van der Waals surface area contributed by atoms with Gasteiger partial charge >= 0.3 is 31.6 Å². The summed E-state index contributed by atoms with van der Waals surface area (Å²) in [5, 5.41) is 13.3. The fraction of sp³-hybridized carbons (Fsp3) is 0.366. The number of carbonyl (C=O) groups excluding carboxylic acids is 3. The number of aromatic amines is 1. The molecule has 72 heavy (non-hydrogen) atoms. The van der Waals surface area contributed by atoms with Gasteiger partial charge in [0.2, 0.25) is 0 Å². The van der Waals surface area contributed by atoms with Gasteiger partial charge in [-0.1, -0.05) is 29.8 Å². The van der Waals surface area contributed by atoms with Gasteiger partial charge in [0.05, 0.1) is 38.0 Å². The second-order valence-corrected chi connectivity index (χ2v) is 21.8. The molecule has 0 saturated carbocycles. The second kappa shape index (κ2) is 21.0. The van der Waals surface area contributed by atoms with Gasteiger partial charge in [-0.3, -0.25) is 23.7 Å². The summed E-state index contributed by atoms with van der Waals surface area (Å²) in [5.74, 6) is -1.36. The third-order valence-corrected chi connectivity index (χ3v) is 14.5. The van der Waals surface area contributed by atoms with Gasteiger partial charge in [-0.15, -0.1) is 0 Å². The van der Waals surface area contributed by atoms with Gasteiger partial charge in [-0.25, -0.2) is 43.1 Å². The minimum atomic E-state index is -4.45. The fourth-order valence-electron chi connectivity index (χ4n) is 7.71. The van der Waals surface area contributed by atoms with E-state index in [0.29, 0.717) is 16.9 Å². The third-order valence-electron chi connectivity index (χ3n) is 11.3. The number of hydrogen-bond donors (Lipinski definition) is 5. The Morgan fingerprint density at radius 1 is 0.917 bits per heavy atom. The zero-order valence-corrected chi connectivity index (χ0v) is 40.8. The van der Waals surface area contributed by atoms with Gasteiger partial charge in [-0.2, -0.15) is 0 Å². The number of hydrogen-bond acceptors (Lipinski definition) is 20. The lowest BCUT2D eigenvalue weighted by Gasteiger charge is -2.28. The molecule has 2 bridgehead atoms. The highest BCUT2D eigenvalue weighted by Gasteiger charge is 2.53. The number of esters is 1. The summed E-state index contributed by atoms with van der Waals surface area (Å²) in [6, 6.07) is 13.3. The van der Waals surface area contributed by atoms with Gasteiger partial charge < -0.3 is 62.1 Å². The molecule has 2 aromatic carbocycles. The predicted molar refractivity (Wildman–Crippen MR) is 249 cm³/mol. The van der Waals surface area contributed by atoms with E-state index in [1.54, 1.807) is 48.5 Å². The SMILES string of the molecule is Cc1ccc(C(=O)Oc2ccc(COC(=O)N(C)CCOC(=O)Nc3ncnc4c3ncn4C3O[C@@H]4COP(O)(=S)OC5[C@H](n6cc(F)c7c(=O)[nH]cnc76)O[C@H](COP(O)(=S)O[C@H]4[C@H]3F)[C@H]5O)cc2)cc1. The number of anilines is 1. The topological polar surface area (TPSA) is 305 Å². The Bertz CT molecular complexity index is 3170. The van der Waals surface area contributed by atoms with E-state index in [4.69, 9.17) is 65.4 Å². The van der Waals surface area contributed by atoms with Crippen LogP contribution in [0.3, 0.4) is 0 Å². The van der Waals surface area contributed by atoms with Crippen LogP contribution < -0.4 is 15.6 Å². The van der Waals surface area contributed by atoms with Crippen LogP contribution >= 0.6 is 13.4 Å². The highest BCUT2D eigenvalue weighted by molar-refractivity contribution is 8.07. The first-order valence-corrected chi connectivity index (χ1v) is 26.6. The van der Waals surface area contributed by atoms with Crippen molar-refractivity contribution in [3.63, 3.8) is 0 Å². The number of benzene rings is 2. The van der Waals surface area contributed by atoms with E-state index in [9.17, 15) is 38.5 Å². The molecule has 10 atom stereocenters. The Morgan fingerprint density at radius 2 is 1.61 bits per heavy atom. The number of aliphatic hydroxyl groups is 1. The van der Waals surface area contributed by atoms with Crippen molar-refractivity contribution in [3.05, 3.63) is 107 Å². The lowest BCUT2D eigenvalue weighted by molar-refractivity contribution is -0.0602. The first kappa shape index (κ1) is 51.1. The molecule has 2 amide bonds. The summed E-state index contributed by atoms with van der Waals surface area (Å²) in [7, 11) is 1.43. The van der Waals surface area contributed by atoms with Crippen LogP contribution in [0.2, 0.25) is 0 Å². The molecule has 3 aliphatic heterocycles. The van der Waals surface area contributed by atoms with Crippen LogP contribution in [0.15, 0.2) is 78.5 Å². The van der Waals surface area contributed by atoms with Crippen molar-refractivity contribution < 1.29 is 79.8 Å². The van der Waals surface area contributed by atoms with Crippen LogP contribution in [0.4, 0.5) is 24.2 Å². The smallest absolute Gasteiger partial charge is 0.412 e. The van der Waals surface area contributed by atoms with E-state index in [0.717, 1.165) is 39.9 Å². The number of aromatic nitrogens is 7. The summed E-state index contributed by atoms with van der Waals surface area (Å²) >= 11 is 10.5. The van der Waals surface area contributed by atoms with Gasteiger partial charge in [0.15, 0.2) is 47.1 Å². The maximum atomic E-state index is 16.6. The molecular weight excluding hydrogens is 1040 g/mol. The molecule has 4 unspecified atom stereocenters. The number of carbonyl (C=O) groups is 3. The normalized spacial score (nSPS) is 27.5. The molecule has 4 aromatic heterocycles. The highest BCUT2D eigenvalue weighted by Crippen LogP contribution is 2.54. The summed E-state index contributed by atoms with van der Waals surface area (Å²) in [5.41, 5.74) is 0.888. The molecular formula is C41H41F2N9O16P2S2. The zero-order chi connectivity index (χ0) is 51.1. The van der Waals surface area contributed by atoms with Gasteiger partial charge in [-0.05, 0) is 60.4 Å². The number of rotatable bonds is 10. The molecule has 0 aliphatic carbocycles. The van der Waals surface area contributed by atoms with E-state index < -0.39 is 111 Å². The average Bonchev–Trinajstić information content (AvgIpc) is 4.09. The molecule has 31 heteroatoms. The summed E-state index contributed by atoms with van der Waals surface area (Å²) in [4.78, 5) is 92.7. The number of ether oxygens (including phenoxy) is 5. The number of amides is 2. The van der Waals surface area contributed by atoms with Crippen molar-refractivity contribution in [3.8, 4) is 5.75 Å². The summed E-state index contributed by atoms with van der Waals surface area (Å²) in [6.07, 6.45) is -11.0. The minimum Gasteiger partial charge on any atom is -0.447 e. The van der Waals surface area contributed by atoms with Crippen molar-refractivity contribution in [2.24, 2.45) is 0 Å². The highest BCUT2D eigenvalue weighted by atomic mass is 32.5. The van der Waals surface area contributed by atoms with Gasteiger partial charge in [0, 0.05) is 13.2 Å². The molecule has 0 spiro atoms. The van der Waals surface area contributed by atoms with E-state index >= 15 is 4.39 Å². The van der Waals surface area contributed by atoms with E-state index in [1.807, 2.05) is 6.92 Å². The lowest BCUT2D eigenvalue weighted by atomic mass is 10.1. The quantitative estimate of drug-likeness (QED) is 0.0740. The number of halogens is 2. The van der Waals surface area contributed by atoms with E-state index in [-0.39, 0.29) is 42.4 Å². The minimum absolute atomic E-state index is 0.0451. The van der Waals surface area contributed by atoms with Crippen LogP contribution in [0.25, 0.3) is 22.2 Å². The first-order valence-electron chi connectivity index (χ1n) is 21.4. The molecule has 382 valence electrons. The van der Waals surface area contributed by atoms with Crippen LogP contribution in [0, 0.1) is 12.7 Å². The number of likely N-dealkylation sites (N-methyl/N-ethyl adjacent to an activating group) is 1. The maximum Gasteiger partial charge on any atom is 0.412 e. The Kier molecular flexibility index (Phi) is 14.9. The number of aliphatic hydroxyl groups excluding tert-OH is 1. The molecule has 3 saturated heterocycles.